The highest BCUT2D eigenvalue weighted by Gasteiger charge is 2.11. The van der Waals surface area contributed by atoms with E-state index < -0.39 is 0 Å². The van der Waals surface area contributed by atoms with E-state index in [0.717, 1.165) is 16.9 Å². The van der Waals surface area contributed by atoms with Crippen LogP contribution in [-0.2, 0) is 13.2 Å². The summed E-state index contributed by atoms with van der Waals surface area (Å²) in [6.07, 6.45) is 1.44. The molecule has 0 fully saturated rings. The summed E-state index contributed by atoms with van der Waals surface area (Å²) in [7, 11) is 1.60. The summed E-state index contributed by atoms with van der Waals surface area (Å²) >= 11 is 3.25. The van der Waals surface area contributed by atoms with Crippen LogP contribution < -0.4 is 15.0 Å². The Bertz CT molecular complexity index is 940. The second-order valence-electron chi connectivity index (χ2n) is 5.56. The fraction of sp³-hybridized carbons (Fsp3) is 0.158. The van der Waals surface area contributed by atoms with E-state index in [2.05, 4.69) is 20.9 Å². The number of methoxy groups -OCH3 is 1. The summed E-state index contributed by atoms with van der Waals surface area (Å²) in [6.45, 7) is 0.570. The molecule has 3 aromatic rings. The first-order chi connectivity index (χ1) is 12.6. The Balaban J connectivity index is 1.73. The Morgan fingerprint density at radius 3 is 2.38 bits per heavy atom. The van der Waals surface area contributed by atoms with Crippen molar-refractivity contribution in [2.24, 2.45) is 0 Å². The molecule has 134 valence electrons. The molecule has 0 aliphatic carbocycles. The zero-order valence-electron chi connectivity index (χ0n) is 14.0. The third-order valence-electron chi connectivity index (χ3n) is 3.75. The Labute approximate surface area is 158 Å². The van der Waals surface area contributed by atoms with Crippen LogP contribution in [0.5, 0.6) is 11.6 Å². The highest BCUT2D eigenvalue weighted by atomic mass is 79.9. The van der Waals surface area contributed by atoms with Gasteiger partial charge in [-0.15, -0.1) is 0 Å². The lowest BCUT2D eigenvalue weighted by Gasteiger charge is -2.10. The van der Waals surface area contributed by atoms with Gasteiger partial charge >= 0.3 is 0 Å². The highest BCUT2D eigenvalue weighted by Crippen LogP contribution is 2.19. The summed E-state index contributed by atoms with van der Waals surface area (Å²) < 4.78 is 25.3. The molecule has 1 heterocycles. The SMILES string of the molecule is COc1ccc(Cn2cnc(OCc3ccc(F)cc3)c(Br)c2=O)cc1. The molecule has 0 saturated heterocycles. The molecule has 0 aliphatic heterocycles. The van der Waals surface area contributed by atoms with Crippen LogP contribution in [-0.4, -0.2) is 16.7 Å². The molecule has 3 rings (SSSR count). The molecule has 0 amide bonds. The minimum atomic E-state index is -0.311. The van der Waals surface area contributed by atoms with Gasteiger partial charge in [-0.05, 0) is 51.3 Å². The molecule has 0 spiro atoms. The molecule has 0 atom stereocenters. The molecule has 2 aromatic carbocycles. The predicted octanol–water partition coefficient (Wildman–Crippen LogP) is 3.78. The third-order valence-corrected chi connectivity index (χ3v) is 4.43. The molecule has 0 unspecified atom stereocenters. The Morgan fingerprint density at radius 2 is 1.73 bits per heavy atom. The summed E-state index contributed by atoms with van der Waals surface area (Å²) in [4.78, 5) is 16.7. The minimum absolute atomic E-state index is 0.188. The summed E-state index contributed by atoms with van der Waals surface area (Å²) in [5, 5.41) is 0. The van der Waals surface area contributed by atoms with Crippen LogP contribution in [0.15, 0.2) is 64.1 Å². The topological polar surface area (TPSA) is 53.4 Å². The number of hydrogen-bond acceptors (Lipinski definition) is 4. The summed E-state index contributed by atoms with van der Waals surface area (Å²) in [6, 6.07) is 13.4. The molecular weight excluding hydrogens is 403 g/mol. The van der Waals surface area contributed by atoms with Gasteiger partial charge in [0.1, 0.15) is 29.0 Å². The number of halogens is 2. The zero-order chi connectivity index (χ0) is 18.5. The summed E-state index contributed by atoms with van der Waals surface area (Å²) in [5.41, 5.74) is 1.48. The van der Waals surface area contributed by atoms with Crippen molar-refractivity contribution in [3.63, 3.8) is 0 Å². The largest absolute Gasteiger partial charge is 0.497 e. The van der Waals surface area contributed by atoms with Gasteiger partial charge in [-0.25, -0.2) is 9.37 Å². The average molecular weight is 419 g/mol. The second kappa shape index (κ2) is 8.14. The Kier molecular flexibility index (Phi) is 5.68. The van der Waals surface area contributed by atoms with E-state index in [1.807, 2.05) is 24.3 Å². The van der Waals surface area contributed by atoms with Gasteiger partial charge in [0.2, 0.25) is 5.88 Å². The normalized spacial score (nSPS) is 10.6. The monoisotopic (exact) mass is 418 g/mol. The Hall–Kier alpha value is -2.67. The maximum Gasteiger partial charge on any atom is 0.271 e. The standard InChI is InChI=1S/C19H16BrFN2O3/c1-25-16-8-4-13(5-9-16)10-23-12-22-18(17(20)19(23)24)26-11-14-2-6-15(21)7-3-14/h2-9,12H,10-11H2,1H3. The van der Waals surface area contributed by atoms with Crippen molar-refractivity contribution < 1.29 is 13.9 Å². The first kappa shape index (κ1) is 18.1. The van der Waals surface area contributed by atoms with Crippen molar-refractivity contribution in [2.75, 3.05) is 7.11 Å². The first-order valence-electron chi connectivity index (χ1n) is 7.82. The number of aromatic nitrogens is 2. The molecule has 0 N–H and O–H groups in total. The van der Waals surface area contributed by atoms with E-state index in [1.54, 1.807) is 19.2 Å². The van der Waals surface area contributed by atoms with Crippen LogP contribution in [0, 0.1) is 5.82 Å². The third kappa shape index (κ3) is 4.29. The molecule has 0 aliphatic rings. The van der Waals surface area contributed by atoms with Crippen molar-refractivity contribution >= 4 is 15.9 Å². The van der Waals surface area contributed by atoms with E-state index in [4.69, 9.17) is 9.47 Å². The van der Waals surface area contributed by atoms with Crippen LogP contribution in [0.3, 0.4) is 0 Å². The van der Waals surface area contributed by atoms with Gasteiger partial charge in [-0.3, -0.25) is 9.36 Å². The van der Waals surface area contributed by atoms with Gasteiger partial charge < -0.3 is 9.47 Å². The van der Waals surface area contributed by atoms with Crippen molar-refractivity contribution in [3.05, 3.63) is 86.6 Å². The van der Waals surface area contributed by atoms with Crippen LogP contribution in [0.2, 0.25) is 0 Å². The van der Waals surface area contributed by atoms with Gasteiger partial charge in [0.25, 0.3) is 5.56 Å². The highest BCUT2D eigenvalue weighted by molar-refractivity contribution is 9.10. The van der Waals surface area contributed by atoms with Gasteiger partial charge in [0, 0.05) is 0 Å². The molecule has 1 aromatic heterocycles. The van der Waals surface area contributed by atoms with Crippen LogP contribution in [0.4, 0.5) is 4.39 Å². The van der Waals surface area contributed by atoms with Gasteiger partial charge in [0.15, 0.2) is 0 Å². The van der Waals surface area contributed by atoms with E-state index in [-0.39, 0.29) is 28.3 Å². The van der Waals surface area contributed by atoms with Crippen LogP contribution >= 0.6 is 15.9 Å². The quantitative estimate of drug-likeness (QED) is 0.611. The molecule has 26 heavy (non-hydrogen) atoms. The Morgan fingerprint density at radius 1 is 1.08 bits per heavy atom. The van der Waals surface area contributed by atoms with Crippen molar-refractivity contribution in [1.82, 2.24) is 9.55 Å². The molecule has 7 heteroatoms. The lowest BCUT2D eigenvalue weighted by Crippen LogP contribution is -2.22. The van der Waals surface area contributed by atoms with E-state index >= 15 is 0 Å². The predicted molar refractivity (Wildman–Crippen MR) is 99.0 cm³/mol. The van der Waals surface area contributed by atoms with Crippen LogP contribution in [0.25, 0.3) is 0 Å². The fourth-order valence-electron chi connectivity index (χ4n) is 2.32. The lowest BCUT2D eigenvalue weighted by atomic mass is 10.2. The number of rotatable bonds is 6. The molecular formula is C19H16BrFN2O3. The first-order valence-corrected chi connectivity index (χ1v) is 8.61. The maximum absolute atomic E-state index is 12.9. The number of nitrogens with zero attached hydrogens (tertiary/aromatic N) is 2. The fourth-order valence-corrected chi connectivity index (χ4v) is 2.77. The summed E-state index contributed by atoms with van der Waals surface area (Å²) in [5.74, 6) is 0.643. The zero-order valence-corrected chi connectivity index (χ0v) is 15.6. The van der Waals surface area contributed by atoms with Crippen molar-refractivity contribution in [2.45, 2.75) is 13.2 Å². The van der Waals surface area contributed by atoms with E-state index in [1.165, 1.54) is 23.0 Å². The number of benzene rings is 2. The number of hydrogen-bond donors (Lipinski definition) is 0. The minimum Gasteiger partial charge on any atom is -0.497 e. The molecule has 0 saturated carbocycles. The van der Waals surface area contributed by atoms with E-state index in [9.17, 15) is 9.18 Å². The van der Waals surface area contributed by atoms with Crippen molar-refractivity contribution in [3.8, 4) is 11.6 Å². The van der Waals surface area contributed by atoms with E-state index in [0.29, 0.717) is 6.54 Å². The van der Waals surface area contributed by atoms with Gasteiger partial charge in [0.05, 0.1) is 13.7 Å². The molecule has 0 radical (unpaired) electrons. The van der Waals surface area contributed by atoms with Gasteiger partial charge in [-0.2, -0.15) is 0 Å². The molecule has 0 bridgehead atoms. The molecule has 5 nitrogen and oxygen atoms in total. The second-order valence-corrected chi connectivity index (χ2v) is 6.35. The number of ether oxygens (including phenoxy) is 2. The van der Waals surface area contributed by atoms with Crippen LogP contribution in [0.1, 0.15) is 11.1 Å². The van der Waals surface area contributed by atoms with Gasteiger partial charge in [-0.1, -0.05) is 24.3 Å². The maximum atomic E-state index is 12.9. The smallest absolute Gasteiger partial charge is 0.271 e. The van der Waals surface area contributed by atoms with Crippen molar-refractivity contribution in [1.29, 1.82) is 0 Å². The average Bonchev–Trinajstić information content (AvgIpc) is 2.67. The lowest BCUT2D eigenvalue weighted by molar-refractivity contribution is 0.289.